The molecule has 6 heteroatoms. The van der Waals surface area contributed by atoms with Crippen LogP contribution in [0.15, 0.2) is 97.1 Å². The highest BCUT2D eigenvalue weighted by atomic mass is 19.1. The molecule has 0 saturated heterocycles. The molecule has 2 aliphatic rings. The Bertz CT molecular complexity index is 1700. The molecule has 0 atom stereocenters. The van der Waals surface area contributed by atoms with Crippen LogP contribution in [-0.4, -0.2) is 4.98 Å². The largest absolute Gasteiger partial charge is 0.317 e. The molecule has 0 aliphatic carbocycles. The van der Waals surface area contributed by atoms with Gasteiger partial charge in [0.05, 0.1) is 23.6 Å². The normalized spacial score (nSPS) is 13.2. The van der Waals surface area contributed by atoms with Gasteiger partial charge in [-0.1, -0.05) is 72.8 Å². The van der Waals surface area contributed by atoms with E-state index in [2.05, 4.69) is 9.83 Å². The van der Waals surface area contributed by atoms with Gasteiger partial charge in [-0.15, -0.1) is 0 Å². The quantitative estimate of drug-likeness (QED) is 0.176. The van der Waals surface area contributed by atoms with Gasteiger partial charge in [-0.05, 0) is 46.5 Å². The van der Waals surface area contributed by atoms with Crippen molar-refractivity contribution in [2.45, 2.75) is 12.8 Å². The number of hydrogen-bond donors (Lipinski definition) is 0. The number of rotatable bonds is 2. The minimum absolute atomic E-state index is 0.136. The van der Waals surface area contributed by atoms with Crippen LogP contribution in [0, 0.1) is 18.3 Å². The summed E-state index contributed by atoms with van der Waals surface area (Å²) in [6.07, 6.45) is 1.33. The molecule has 0 amide bonds. The lowest BCUT2D eigenvalue weighted by molar-refractivity contribution is 0.568. The first-order chi connectivity index (χ1) is 18.7. The Morgan fingerprint density at radius 3 is 1.42 bits per heavy atom. The zero-order chi connectivity index (χ0) is 25.8. The van der Waals surface area contributed by atoms with E-state index in [1.807, 2.05) is 97.1 Å². The number of halogens is 2. The number of pyridine rings is 1. The fourth-order valence-electron chi connectivity index (χ4n) is 5.61. The molecular formula is C32H20F2N4. The SMILES string of the molecule is [C-]#[N+]c1c(F)nc(N2c3ccccc3Cc3ccccc32)c(F)c1N1c2ccccc2Cc2ccccc21. The second-order valence-electron chi connectivity index (χ2n) is 9.39. The number of para-hydroxylation sites is 4. The minimum atomic E-state index is -1.01. The summed E-state index contributed by atoms with van der Waals surface area (Å²) in [5, 5.41) is 0. The molecule has 0 radical (unpaired) electrons. The van der Waals surface area contributed by atoms with Crippen molar-refractivity contribution in [3.8, 4) is 0 Å². The predicted octanol–water partition coefficient (Wildman–Crippen LogP) is 8.66. The maximum Gasteiger partial charge on any atom is 0.267 e. The highest BCUT2D eigenvalue weighted by molar-refractivity contribution is 5.93. The molecule has 0 bridgehead atoms. The Hall–Kier alpha value is -5.02. The molecule has 4 aromatic carbocycles. The van der Waals surface area contributed by atoms with Crippen LogP contribution >= 0.6 is 0 Å². The number of aromatic nitrogens is 1. The smallest absolute Gasteiger partial charge is 0.267 e. The highest BCUT2D eigenvalue weighted by Gasteiger charge is 2.35. The van der Waals surface area contributed by atoms with Crippen molar-refractivity contribution in [2.24, 2.45) is 0 Å². The van der Waals surface area contributed by atoms with Gasteiger partial charge in [0, 0.05) is 24.2 Å². The first-order valence-corrected chi connectivity index (χ1v) is 12.3. The van der Waals surface area contributed by atoms with Crippen molar-refractivity contribution in [2.75, 3.05) is 9.80 Å². The Morgan fingerprint density at radius 2 is 1.00 bits per heavy atom. The summed E-state index contributed by atoms with van der Waals surface area (Å²) in [6, 6.07) is 30.7. The number of nitrogens with zero attached hydrogens (tertiary/aromatic N) is 4. The first kappa shape index (κ1) is 22.2. The van der Waals surface area contributed by atoms with E-state index in [0.717, 1.165) is 33.6 Å². The Balaban J connectivity index is 1.54. The monoisotopic (exact) mass is 498 g/mol. The van der Waals surface area contributed by atoms with E-state index in [1.165, 1.54) is 0 Å². The first-order valence-electron chi connectivity index (χ1n) is 12.3. The van der Waals surface area contributed by atoms with Crippen LogP contribution in [0.2, 0.25) is 0 Å². The third kappa shape index (κ3) is 3.22. The average Bonchev–Trinajstić information content (AvgIpc) is 2.96. The maximum absolute atomic E-state index is 17.0. The van der Waals surface area contributed by atoms with Crippen molar-refractivity contribution in [3.63, 3.8) is 0 Å². The molecule has 5 aromatic rings. The van der Waals surface area contributed by atoms with Gasteiger partial charge in [0.1, 0.15) is 0 Å². The van der Waals surface area contributed by atoms with Crippen LogP contribution in [0.25, 0.3) is 4.85 Å². The van der Waals surface area contributed by atoms with Crippen LogP contribution < -0.4 is 9.80 Å². The summed E-state index contributed by atoms with van der Waals surface area (Å²) in [6.45, 7) is 7.80. The minimum Gasteiger partial charge on any atom is -0.317 e. The fraction of sp³-hybridized carbons (Fsp3) is 0.0625. The number of anilines is 6. The van der Waals surface area contributed by atoms with E-state index in [-0.39, 0.29) is 11.5 Å². The fourth-order valence-corrected chi connectivity index (χ4v) is 5.61. The third-order valence-corrected chi connectivity index (χ3v) is 7.27. The molecule has 3 heterocycles. The molecule has 0 fully saturated rings. The predicted molar refractivity (Wildman–Crippen MR) is 145 cm³/mol. The van der Waals surface area contributed by atoms with Crippen molar-refractivity contribution in [1.82, 2.24) is 4.98 Å². The van der Waals surface area contributed by atoms with E-state index in [1.54, 1.807) is 9.80 Å². The molecular weight excluding hydrogens is 478 g/mol. The second kappa shape index (κ2) is 8.53. The topological polar surface area (TPSA) is 23.7 Å². The molecule has 7 rings (SSSR count). The van der Waals surface area contributed by atoms with Gasteiger partial charge in [-0.3, -0.25) is 4.90 Å². The van der Waals surface area contributed by atoms with Gasteiger partial charge in [-0.25, -0.2) is 14.2 Å². The second-order valence-corrected chi connectivity index (χ2v) is 9.39. The van der Waals surface area contributed by atoms with E-state index < -0.39 is 17.5 Å². The average molecular weight is 499 g/mol. The molecule has 1 aromatic heterocycles. The zero-order valence-electron chi connectivity index (χ0n) is 20.2. The van der Waals surface area contributed by atoms with E-state index in [9.17, 15) is 0 Å². The third-order valence-electron chi connectivity index (χ3n) is 7.27. The lowest BCUT2D eigenvalue weighted by Gasteiger charge is -2.36. The molecule has 182 valence electrons. The van der Waals surface area contributed by atoms with Gasteiger partial charge in [-0.2, -0.15) is 4.39 Å². The van der Waals surface area contributed by atoms with Crippen molar-refractivity contribution in [3.05, 3.63) is 142 Å². The number of fused-ring (bicyclic) bond motifs is 4. The molecule has 2 aliphatic heterocycles. The Kier molecular flexibility index (Phi) is 4.98. The Morgan fingerprint density at radius 1 is 0.605 bits per heavy atom. The molecule has 0 spiro atoms. The van der Waals surface area contributed by atoms with Crippen LogP contribution in [0.5, 0.6) is 0 Å². The van der Waals surface area contributed by atoms with E-state index in [0.29, 0.717) is 24.2 Å². The van der Waals surface area contributed by atoms with Crippen LogP contribution in [0.3, 0.4) is 0 Å². The van der Waals surface area contributed by atoms with E-state index in [4.69, 9.17) is 6.57 Å². The zero-order valence-corrected chi connectivity index (χ0v) is 20.2. The van der Waals surface area contributed by atoms with Gasteiger partial charge in [0.2, 0.25) is 5.95 Å². The summed E-state index contributed by atoms with van der Waals surface area (Å²) >= 11 is 0. The van der Waals surface area contributed by atoms with Crippen molar-refractivity contribution >= 4 is 39.9 Å². The number of hydrogen-bond acceptors (Lipinski definition) is 3. The standard InChI is InChI=1S/C32H20F2N4/c1-35-29-30(37-24-14-6-2-10-20(24)18-21-11-3-7-15-25(21)37)28(33)32(36-31(29)34)38-26-16-8-4-12-22(26)19-23-13-5-9-17-27(23)38/h2-17H,18-19H2. The van der Waals surface area contributed by atoms with Crippen LogP contribution in [-0.2, 0) is 12.8 Å². The van der Waals surface area contributed by atoms with Crippen molar-refractivity contribution < 1.29 is 8.78 Å². The summed E-state index contributed by atoms with van der Waals surface area (Å²) in [5.74, 6) is -1.94. The molecule has 38 heavy (non-hydrogen) atoms. The summed E-state index contributed by atoms with van der Waals surface area (Å²) < 4.78 is 32.7. The van der Waals surface area contributed by atoms with E-state index >= 15 is 8.78 Å². The molecule has 0 N–H and O–H groups in total. The molecule has 0 unspecified atom stereocenters. The number of benzene rings is 4. The van der Waals surface area contributed by atoms with Gasteiger partial charge in [0.15, 0.2) is 11.6 Å². The molecule has 4 nitrogen and oxygen atoms in total. The lowest BCUT2D eigenvalue weighted by atomic mass is 9.94. The van der Waals surface area contributed by atoms with Gasteiger partial charge in [0.25, 0.3) is 5.69 Å². The van der Waals surface area contributed by atoms with Crippen LogP contribution in [0.1, 0.15) is 22.3 Å². The Labute approximate surface area is 218 Å². The van der Waals surface area contributed by atoms with Gasteiger partial charge >= 0.3 is 0 Å². The maximum atomic E-state index is 17.0. The van der Waals surface area contributed by atoms with Crippen molar-refractivity contribution in [1.29, 1.82) is 0 Å². The van der Waals surface area contributed by atoms with Gasteiger partial charge < -0.3 is 4.90 Å². The summed E-state index contributed by atoms with van der Waals surface area (Å²) in [4.78, 5) is 10.9. The van der Waals surface area contributed by atoms with Crippen LogP contribution in [0.4, 0.5) is 48.7 Å². The summed E-state index contributed by atoms with van der Waals surface area (Å²) in [5.41, 5.74) is 6.21. The summed E-state index contributed by atoms with van der Waals surface area (Å²) in [7, 11) is 0. The molecule has 0 saturated carbocycles. The highest BCUT2D eigenvalue weighted by Crippen LogP contribution is 2.52. The lowest BCUT2D eigenvalue weighted by Crippen LogP contribution is -2.24.